The number of hydrogen-bond acceptors (Lipinski definition) is 5. The van der Waals surface area contributed by atoms with Crippen molar-refractivity contribution in [2.75, 3.05) is 6.61 Å². The monoisotopic (exact) mass is 365 g/mol. The minimum atomic E-state index is -0.464. The molecule has 140 valence electrons. The topological polar surface area (TPSA) is 57.1 Å². The predicted octanol–water partition coefficient (Wildman–Crippen LogP) is 4.53. The van der Waals surface area contributed by atoms with E-state index in [1.165, 1.54) is 0 Å². The van der Waals surface area contributed by atoms with Crippen LogP contribution in [0.25, 0.3) is 6.08 Å². The van der Waals surface area contributed by atoms with Crippen LogP contribution in [0.4, 0.5) is 0 Å². The molecule has 0 N–H and O–H groups in total. The minimum absolute atomic E-state index is 0.0412. The van der Waals surface area contributed by atoms with Gasteiger partial charge in [-0.25, -0.2) is 9.79 Å². The summed E-state index contributed by atoms with van der Waals surface area (Å²) in [5.41, 5.74) is 2.86. The van der Waals surface area contributed by atoms with E-state index in [2.05, 4.69) is 4.99 Å². The molecule has 27 heavy (non-hydrogen) atoms. The zero-order valence-corrected chi connectivity index (χ0v) is 16.0. The molecule has 0 saturated heterocycles. The Morgan fingerprint density at radius 2 is 1.93 bits per heavy atom. The van der Waals surface area contributed by atoms with Crippen molar-refractivity contribution in [3.63, 3.8) is 0 Å². The Morgan fingerprint density at radius 3 is 2.63 bits per heavy atom. The van der Waals surface area contributed by atoms with Gasteiger partial charge < -0.3 is 14.2 Å². The van der Waals surface area contributed by atoms with Crippen LogP contribution in [0.15, 0.2) is 53.2 Å². The smallest absolute Gasteiger partial charge is 0.363 e. The van der Waals surface area contributed by atoms with Crippen LogP contribution in [0, 0.1) is 6.92 Å². The Bertz CT molecular complexity index is 912. The largest absolute Gasteiger partial charge is 0.490 e. The van der Waals surface area contributed by atoms with E-state index >= 15 is 0 Å². The van der Waals surface area contributed by atoms with E-state index in [0.717, 1.165) is 16.7 Å². The Morgan fingerprint density at radius 1 is 1.15 bits per heavy atom. The van der Waals surface area contributed by atoms with Crippen LogP contribution in [0.3, 0.4) is 0 Å². The molecule has 2 aromatic rings. The molecule has 0 atom stereocenters. The van der Waals surface area contributed by atoms with Crippen LogP contribution in [-0.2, 0) is 9.53 Å². The summed E-state index contributed by atoms with van der Waals surface area (Å²) in [6.07, 6.45) is 1.73. The van der Waals surface area contributed by atoms with Crippen LogP contribution in [0.5, 0.6) is 11.5 Å². The second-order valence-electron chi connectivity index (χ2n) is 6.46. The molecule has 1 aliphatic heterocycles. The molecule has 1 aliphatic rings. The van der Waals surface area contributed by atoms with Gasteiger partial charge in [-0.15, -0.1) is 0 Å². The molecule has 5 nitrogen and oxygen atoms in total. The van der Waals surface area contributed by atoms with Gasteiger partial charge in [-0.3, -0.25) is 0 Å². The first-order valence-electron chi connectivity index (χ1n) is 9.00. The maximum Gasteiger partial charge on any atom is 0.363 e. The number of aryl methyl sites for hydroxylation is 1. The summed E-state index contributed by atoms with van der Waals surface area (Å²) >= 11 is 0. The molecule has 3 rings (SSSR count). The number of cyclic esters (lactones) is 1. The first kappa shape index (κ1) is 18.7. The molecule has 2 aromatic carbocycles. The van der Waals surface area contributed by atoms with Gasteiger partial charge in [0.05, 0.1) is 12.7 Å². The van der Waals surface area contributed by atoms with Crippen molar-refractivity contribution in [3.8, 4) is 11.5 Å². The highest BCUT2D eigenvalue weighted by molar-refractivity contribution is 6.13. The third-order valence-electron chi connectivity index (χ3n) is 3.93. The van der Waals surface area contributed by atoms with Gasteiger partial charge in [-0.2, -0.15) is 0 Å². The summed E-state index contributed by atoms with van der Waals surface area (Å²) in [7, 11) is 0. The second kappa shape index (κ2) is 8.08. The standard InChI is InChI=1S/C22H23NO4/c1-5-25-20-13-16(10-11-19(20)26-14(2)3)12-18-22(24)27-21(23-18)17-9-7-6-8-15(17)4/h6-14H,5H2,1-4H3/b18-12-. The quantitative estimate of drug-likeness (QED) is 0.558. The van der Waals surface area contributed by atoms with E-state index < -0.39 is 5.97 Å². The molecule has 0 unspecified atom stereocenters. The fraction of sp³-hybridized carbons (Fsp3) is 0.273. The molecule has 0 radical (unpaired) electrons. The highest BCUT2D eigenvalue weighted by Gasteiger charge is 2.25. The fourth-order valence-corrected chi connectivity index (χ4v) is 2.73. The molecule has 0 fully saturated rings. The highest BCUT2D eigenvalue weighted by Crippen LogP contribution is 2.31. The van der Waals surface area contributed by atoms with Crippen LogP contribution in [-0.4, -0.2) is 24.6 Å². The van der Waals surface area contributed by atoms with Crippen LogP contribution < -0.4 is 9.47 Å². The summed E-state index contributed by atoms with van der Waals surface area (Å²) in [5, 5.41) is 0. The van der Waals surface area contributed by atoms with Gasteiger partial charge in [0.1, 0.15) is 0 Å². The lowest BCUT2D eigenvalue weighted by atomic mass is 10.1. The zero-order chi connectivity index (χ0) is 19.4. The Balaban J connectivity index is 1.92. The number of rotatable bonds is 6. The summed E-state index contributed by atoms with van der Waals surface area (Å²) in [6.45, 7) is 8.31. The minimum Gasteiger partial charge on any atom is -0.490 e. The number of esters is 1. The molecule has 1 heterocycles. The molecule has 0 aromatic heterocycles. The van der Waals surface area contributed by atoms with Gasteiger partial charge in [0.2, 0.25) is 5.90 Å². The molecule has 0 bridgehead atoms. The number of aliphatic imine (C=N–C) groups is 1. The van der Waals surface area contributed by atoms with E-state index in [1.807, 2.05) is 70.2 Å². The lowest BCUT2D eigenvalue weighted by Crippen LogP contribution is -2.07. The Labute approximate surface area is 159 Å². The maximum absolute atomic E-state index is 12.2. The first-order valence-corrected chi connectivity index (χ1v) is 9.00. The number of benzene rings is 2. The number of carbonyl (C=O) groups is 1. The molecule has 0 amide bonds. The third-order valence-corrected chi connectivity index (χ3v) is 3.93. The molecule has 0 spiro atoms. The van der Waals surface area contributed by atoms with Crippen molar-refractivity contribution in [2.45, 2.75) is 33.8 Å². The molecular weight excluding hydrogens is 342 g/mol. The molecule has 5 heteroatoms. The normalized spacial score (nSPS) is 15.1. The van der Waals surface area contributed by atoms with Crippen molar-refractivity contribution >= 4 is 17.9 Å². The summed E-state index contributed by atoms with van der Waals surface area (Å²) in [5.74, 6) is 1.17. The van der Waals surface area contributed by atoms with Crippen LogP contribution in [0.1, 0.15) is 37.5 Å². The summed E-state index contributed by atoms with van der Waals surface area (Å²) < 4.78 is 16.8. The lowest BCUT2D eigenvalue weighted by Gasteiger charge is -2.14. The molecule has 0 saturated carbocycles. The van der Waals surface area contributed by atoms with Crippen LogP contribution in [0.2, 0.25) is 0 Å². The molecule has 0 aliphatic carbocycles. The maximum atomic E-state index is 12.2. The summed E-state index contributed by atoms with van der Waals surface area (Å²) in [6, 6.07) is 13.2. The van der Waals surface area contributed by atoms with Gasteiger partial charge >= 0.3 is 5.97 Å². The summed E-state index contributed by atoms with van der Waals surface area (Å²) in [4.78, 5) is 16.6. The van der Waals surface area contributed by atoms with E-state index in [9.17, 15) is 4.79 Å². The van der Waals surface area contributed by atoms with Crippen molar-refractivity contribution in [3.05, 3.63) is 64.9 Å². The molecular formula is C22H23NO4. The second-order valence-corrected chi connectivity index (χ2v) is 6.46. The number of hydrogen-bond donors (Lipinski definition) is 0. The van der Waals surface area contributed by atoms with E-state index in [4.69, 9.17) is 14.2 Å². The number of ether oxygens (including phenoxy) is 3. The fourth-order valence-electron chi connectivity index (χ4n) is 2.73. The van der Waals surface area contributed by atoms with Gasteiger partial charge in [-0.05, 0) is 63.1 Å². The van der Waals surface area contributed by atoms with Crippen molar-refractivity contribution in [1.82, 2.24) is 0 Å². The van der Waals surface area contributed by atoms with Crippen LogP contribution >= 0.6 is 0 Å². The Kier molecular flexibility index (Phi) is 5.60. The Hall–Kier alpha value is -3.08. The zero-order valence-electron chi connectivity index (χ0n) is 16.0. The van der Waals surface area contributed by atoms with E-state index in [0.29, 0.717) is 24.0 Å². The van der Waals surface area contributed by atoms with Gasteiger partial charge in [0.15, 0.2) is 17.2 Å². The number of carbonyl (C=O) groups excluding carboxylic acids is 1. The first-order chi connectivity index (χ1) is 13.0. The highest BCUT2D eigenvalue weighted by atomic mass is 16.6. The average Bonchev–Trinajstić information content (AvgIpc) is 2.98. The van der Waals surface area contributed by atoms with Gasteiger partial charge in [0, 0.05) is 5.56 Å². The van der Waals surface area contributed by atoms with E-state index in [1.54, 1.807) is 6.08 Å². The van der Waals surface area contributed by atoms with Gasteiger partial charge in [0.25, 0.3) is 0 Å². The number of nitrogens with zero attached hydrogens (tertiary/aromatic N) is 1. The third kappa shape index (κ3) is 4.37. The average molecular weight is 365 g/mol. The predicted molar refractivity (Wildman–Crippen MR) is 105 cm³/mol. The van der Waals surface area contributed by atoms with Crippen molar-refractivity contribution in [1.29, 1.82) is 0 Å². The lowest BCUT2D eigenvalue weighted by molar-refractivity contribution is -0.129. The van der Waals surface area contributed by atoms with Gasteiger partial charge in [-0.1, -0.05) is 24.3 Å². The van der Waals surface area contributed by atoms with Crippen molar-refractivity contribution in [2.24, 2.45) is 4.99 Å². The SMILES string of the molecule is CCOc1cc(/C=C2\N=C(c3ccccc3C)OC2=O)ccc1OC(C)C. The van der Waals surface area contributed by atoms with E-state index in [-0.39, 0.29) is 11.8 Å². The van der Waals surface area contributed by atoms with Crippen molar-refractivity contribution < 1.29 is 19.0 Å².